The molecule has 11 heteroatoms. The highest BCUT2D eigenvalue weighted by Gasteiger charge is 2.46. The Hall–Kier alpha value is -1.26. The molecule has 2 heterocycles. The van der Waals surface area contributed by atoms with Gasteiger partial charge < -0.3 is 35.4 Å². The second kappa shape index (κ2) is 6.09. The fourth-order valence-corrected chi connectivity index (χ4v) is 2.46. The van der Waals surface area contributed by atoms with Gasteiger partial charge in [-0.3, -0.25) is 4.52 Å². The minimum Gasteiger partial charge on any atom is -0.387 e. The van der Waals surface area contributed by atoms with Gasteiger partial charge in [0.05, 0.1) is 6.61 Å². The Kier molecular flexibility index (Phi) is 4.73. The number of hydrogen-bond acceptors (Lipinski definition) is 8. The van der Waals surface area contributed by atoms with E-state index in [-0.39, 0.29) is 11.7 Å². The number of phosphoric acid groups is 1. The summed E-state index contributed by atoms with van der Waals surface area (Å²) in [6.45, 7) is 4.80. The van der Waals surface area contributed by atoms with Crippen LogP contribution >= 0.6 is 7.82 Å². The third-order valence-electron chi connectivity index (χ3n) is 3.30. The van der Waals surface area contributed by atoms with Crippen molar-refractivity contribution >= 4 is 13.7 Å². The molecule has 1 saturated heterocycles. The molecule has 2 aliphatic heterocycles. The molecule has 0 spiro atoms. The highest BCUT2D eigenvalue weighted by Crippen LogP contribution is 2.37. The summed E-state index contributed by atoms with van der Waals surface area (Å²) in [4.78, 5) is 22.7. The molecular formula is C11H18N3O7P. The number of ether oxygens (including phenoxy) is 1. The summed E-state index contributed by atoms with van der Waals surface area (Å²) in [6, 6.07) is 0. The molecule has 0 aliphatic carbocycles. The SMILES string of the molecule is C=C1N=C(N)C(C)=CN1C1OC(COP(=O)(O)O)C(O)C1O. The van der Waals surface area contributed by atoms with Gasteiger partial charge in [-0.15, -0.1) is 0 Å². The number of amidine groups is 1. The molecule has 2 rings (SSSR count). The number of aliphatic imine (C=N–C) groups is 1. The molecule has 1 fully saturated rings. The van der Waals surface area contributed by atoms with Crippen LogP contribution in [0.2, 0.25) is 0 Å². The molecule has 0 bridgehead atoms. The van der Waals surface area contributed by atoms with Crippen molar-refractivity contribution in [2.45, 2.75) is 31.5 Å². The van der Waals surface area contributed by atoms with Gasteiger partial charge in [0.25, 0.3) is 0 Å². The zero-order valence-electron chi connectivity index (χ0n) is 11.7. The molecule has 10 nitrogen and oxygen atoms in total. The molecule has 0 aromatic carbocycles. The van der Waals surface area contributed by atoms with Gasteiger partial charge >= 0.3 is 7.82 Å². The highest BCUT2D eigenvalue weighted by molar-refractivity contribution is 7.46. The molecule has 4 unspecified atom stereocenters. The van der Waals surface area contributed by atoms with Crippen LogP contribution in [0.1, 0.15) is 6.92 Å². The van der Waals surface area contributed by atoms with Crippen molar-refractivity contribution in [3.8, 4) is 0 Å². The molecular weight excluding hydrogens is 317 g/mol. The van der Waals surface area contributed by atoms with Gasteiger partial charge in [0.15, 0.2) is 6.23 Å². The first kappa shape index (κ1) is 17.1. The number of aliphatic hydroxyl groups is 2. The predicted molar refractivity (Wildman–Crippen MR) is 75.0 cm³/mol. The van der Waals surface area contributed by atoms with Crippen LogP contribution in [-0.2, 0) is 13.8 Å². The van der Waals surface area contributed by atoms with E-state index >= 15 is 0 Å². The molecule has 22 heavy (non-hydrogen) atoms. The van der Waals surface area contributed by atoms with Gasteiger partial charge in [-0.2, -0.15) is 0 Å². The molecule has 0 saturated carbocycles. The van der Waals surface area contributed by atoms with E-state index in [0.717, 1.165) is 0 Å². The smallest absolute Gasteiger partial charge is 0.387 e. The lowest BCUT2D eigenvalue weighted by molar-refractivity contribution is -0.0687. The second-order valence-electron chi connectivity index (χ2n) is 4.97. The van der Waals surface area contributed by atoms with Crippen LogP contribution < -0.4 is 5.73 Å². The van der Waals surface area contributed by atoms with Gasteiger partial charge in [-0.1, -0.05) is 6.58 Å². The third-order valence-corrected chi connectivity index (χ3v) is 3.79. The van der Waals surface area contributed by atoms with Crippen LogP contribution in [0.5, 0.6) is 0 Å². The minimum absolute atomic E-state index is 0.205. The maximum absolute atomic E-state index is 10.7. The van der Waals surface area contributed by atoms with E-state index in [4.69, 9.17) is 20.3 Å². The number of nitrogens with two attached hydrogens (primary N) is 1. The summed E-state index contributed by atoms with van der Waals surface area (Å²) in [5, 5.41) is 20.0. The van der Waals surface area contributed by atoms with Crippen molar-refractivity contribution in [1.82, 2.24) is 4.90 Å². The Morgan fingerprint density at radius 3 is 2.73 bits per heavy atom. The topological polar surface area (TPSA) is 158 Å². The lowest BCUT2D eigenvalue weighted by Crippen LogP contribution is -2.42. The predicted octanol–water partition coefficient (Wildman–Crippen LogP) is -1.41. The Morgan fingerprint density at radius 2 is 2.14 bits per heavy atom. The Morgan fingerprint density at radius 1 is 1.50 bits per heavy atom. The lowest BCUT2D eigenvalue weighted by Gasteiger charge is -2.31. The maximum Gasteiger partial charge on any atom is 0.469 e. The maximum atomic E-state index is 10.7. The number of phosphoric ester groups is 1. The summed E-state index contributed by atoms with van der Waals surface area (Å²) in [5.74, 6) is 0.478. The van der Waals surface area contributed by atoms with Crippen LogP contribution in [0.4, 0.5) is 0 Å². The van der Waals surface area contributed by atoms with E-state index in [0.29, 0.717) is 5.57 Å². The number of rotatable bonds is 4. The Labute approximate surface area is 126 Å². The molecule has 6 N–H and O–H groups in total. The number of hydrogen-bond donors (Lipinski definition) is 5. The summed E-state index contributed by atoms with van der Waals surface area (Å²) < 4.78 is 20.4. The van der Waals surface area contributed by atoms with Gasteiger partial charge in [-0.05, 0) is 6.92 Å². The molecule has 0 radical (unpaired) electrons. The average Bonchev–Trinajstić information content (AvgIpc) is 2.68. The number of nitrogens with zero attached hydrogens (tertiary/aromatic N) is 2. The van der Waals surface area contributed by atoms with E-state index in [1.807, 2.05) is 0 Å². The van der Waals surface area contributed by atoms with E-state index < -0.39 is 39.0 Å². The van der Waals surface area contributed by atoms with Crippen molar-refractivity contribution in [1.29, 1.82) is 0 Å². The van der Waals surface area contributed by atoms with E-state index in [9.17, 15) is 14.8 Å². The van der Waals surface area contributed by atoms with Crippen molar-refractivity contribution in [2.24, 2.45) is 10.7 Å². The van der Waals surface area contributed by atoms with E-state index in [1.165, 1.54) is 4.90 Å². The van der Waals surface area contributed by atoms with Gasteiger partial charge in [0, 0.05) is 11.8 Å². The zero-order valence-corrected chi connectivity index (χ0v) is 12.6. The summed E-state index contributed by atoms with van der Waals surface area (Å²) in [6.07, 6.45) is -3.32. The monoisotopic (exact) mass is 335 g/mol. The van der Waals surface area contributed by atoms with Crippen molar-refractivity contribution in [3.05, 3.63) is 24.2 Å². The van der Waals surface area contributed by atoms with E-state index in [2.05, 4.69) is 16.1 Å². The van der Waals surface area contributed by atoms with Crippen LogP contribution in [0, 0.1) is 0 Å². The first-order valence-electron chi connectivity index (χ1n) is 6.32. The van der Waals surface area contributed by atoms with Crippen LogP contribution in [0.15, 0.2) is 29.2 Å². The van der Waals surface area contributed by atoms with Crippen molar-refractivity contribution < 1.29 is 33.8 Å². The summed E-state index contributed by atoms with van der Waals surface area (Å²) in [5.41, 5.74) is 6.27. The molecule has 124 valence electrons. The third kappa shape index (κ3) is 3.55. The van der Waals surface area contributed by atoms with E-state index in [1.54, 1.807) is 13.1 Å². The fourth-order valence-electron chi connectivity index (χ4n) is 2.12. The molecule has 0 aromatic heterocycles. The average molecular weight is 335 g/mol. The summed E-state index contributed by atoms with van der Waals surface area (Å²) >= 11 is 0. The van der Waals surface area contributed by atoms with Crippen LogP contribution in [0.3, 0.4) is 0 Å². The Balaban J connectivity index is 2.10. The molecule has 2 aliphatic rings. The normalized spacial score (nSPS) is 33.0. The zero-order chi connectivity index (χ0) is 16.7. The fraction of sp³-hybridized carbons (Fsp3) is 0.545. The number of aliphatic hydroxyl groups excluding tert-OH is 2. The first-order chi connectivity index (χ1) is 10.1. The van der Waals surface area contributed by atoms with Crippen LogP contribution in [-0.4, -0.2) is 61.9 Å². The van der Waals surface area contributed by atoms with Gasteiger partial charge in [0.2, 0.25) is 0 Å². The summed E-state index contributed by atoms with van der Waals surface area (Å²) in [7, 11) is -4.70. The Bertz CT molecular complexity index is 572. The standard InChI is InChI=1S/C11H18N3O7P/c1-5-3-14(6(2)13-10(5)12)11-9(16)8(15)7(21-11)4-20-22(17,18)19/h3,7-9,11,15-16H,2,4H2,1H3,(H2,12,13)(H2,17,18,19). The van der Waals surface area contributed by atoms with Crippen molar-refractivity contribution in [2.75, 3.05) is 6.61 Å². The van der Waals surface area contributed by atoms with Crippen molar-refractivity contribution in [3.63, 3.8) is 0 Å². The van der Waals surface area contributed by atoms with Gasteiger partial charge in [-0.25, -0.2) is 9.56 Å². The molecule has 0 aromatic rings. The van der Waals surface area contributed by atoms with Gasteiger partial charge in [0.1, 0.15) is 30.0 Å². The second-order valence-corrected chi connectivity index (χ2v) is 6.20. The molecule has 0 amide bonds. The molecule has 4 atom stereocenters. The minimum atomic E-state index is -4.70. The largest absolute Gasteiger partial charge is 0.469 e. The quantitative estimate of drug-likeness (QED) is 0.389. The van der Waals surface area contributed by atoms with Crippen LogP contribution in [0.25, 0.3) is 0 Å². The highest BCUT2D eigenvalue weighted by atomic mass is 31.2. The first-order valence-corrected chi connectivity index (χ1v) is 7.85. The lowest BCUT2D eigenvalue weighted by atomic mass is 10.1.